The summed E-state index contributed by atoms with van der Waals surface area (Å²) in [6, 6.07) is 7.17. The Balaban J connectivity index is 2.34. The Morgan fingerprint density at radius 1 is 1.31 bits per heavy atom. The van der Waals surface area contributed by atoms with Crippen molar-refractivity contribution >= 4 is 17.3 Å². The van der Waals surface area contributed by atoms with Gasteiger partial charge in [-0.1, -0.05) is 17.7 Å². The fraction of sp³-hybridized carbons (Fsp3) is 0.0909. The van der Waals surface area contributed by atoms with E-state index >= 15 is 0 Å². The summed E-state index contributed by atoms with van der Waals surface area (Å²) in [7, 11) is 0. The predicted molar refractivity (Wildman–Crippen MR) is 62.7 cm³/mol. The van der Waals surface area contributed by atoms with Crippen molar-refractivity contribution in [2.75, 3.05) is 5.73 Å². The minimum atomic E-state index is 0.236. The molecule has 0 fully saturated rings. The second-order valence-electron chi connectivity index (χ2n) is 3.24. The fourth-order valence-corrected chi connectivity index (χ4v) is 1.42. The Bertz CT molecular complexity index is 496. The molecule has 2 aromatic rings. The molecule has 0 spiro atoms. The lowest BCUT2D eigenvalue weighted by Crippen LogP contribution is -1.96. The number of aromatic nitrogens is 2. The average Bonchev–Trinajstić information content (AvgIpc) is 2.24. The molecular weight excluding hydrogens is 226 g/mol. The van der Waals surface area contributed by atoms with Gasteiger partial charge in [-0.25, -0.2) is 9.97 Å². The second kappa shape index (κ2) is 4.37. The summed E-state index contributed by atoms with van der Waals surface area (Å²) >= 11 is 5.96. The van der Waals surface area contributed by atoms with Gasteiger partial charge >= 0.3 is 6.01 Å². The topological polar surface area (TPSA) is 61.0 Å². The van der Waals surface area contributed by atoms with E-state index in [1.807, 2.05) is 6.92 Å². The number of anilines is 1. The molecule has 5 heteroatoms. The van der Waals surface area contributed by atoms with Gasteiger partial charge in [-0.15, -0.1) is 0 Å². The van der Waals surface area contributed by atoms with Gasteiger partial charge in [-0.2, -0.15) is 0 Å². The predicted octanol–water partition coefficient (Wildman–Crippen LogP) is 2.81. The van der Waals surface area contributed by atoms with Gasteiger partial charge in [-0.3, -0.25) is 0 Å². The molecule has 0 bridgehead atoms. The van der Waals surface area contributed by atoms with E-state index in [0.717, 1.165) is 5.69 Å². The molecule has 0 saturated carbocycles. The molecule has 82 valence electrons. The Morgan fingerprint density at radius 2 is 2.12 bits per heavy atom. The van der Waals surface area contributed by atoms with Gasteiger partial charge in [0.2, 0.25) is 0 Å². The molecule has 2 N–H and O–H groups in total. The van der Waals surface area contributed by atoms with E-state index in [1.165, 1.54) is 0 Å². The number of aryl methyl sites for hydroxylation is 1. The summed E-state index contributed by atoms with van der Waals surface area (Å²) in [5.41, 5.74) is 7.01. The molecule has 0 aliphatic heterocycles. The van der Waals surface area contributed by atoms with Crippen LogP contribution in [0, 0.1) is 6.92 Å². The largest absolute Gasteiger partial charge is 0.420 e. The summed E-state index contributed by atoms with van der Waals surface area (Å²) in [5.74, 6) is 0.384. The molecule has 4 nitrogen and oxygen atoms in total. The maximum Gasteiger partial charge on any atom is 0.322 e. The van der Waals surface area contributed by atoms with E-state index in [-0.39, 0.29) is 6.01 Å². The molecule has 0 atom stereocenters. The van der Waals surface area contributed by atoms with Crippen LogP contribution in [0.1, 0.15) is 5.69 Å². The third-order valence-corrected chi connectivity index (χ3v) is 2.26. The number of nitrogen functional groups attached to an aromatic ring is 1. The Hall–Kier alpha value is -1.81. The number of benzene rings is 1. The molecule has 0 amide bonds. The highest BCUT2D eigenvalue weighted by molar-refractivity contribution is 6.32. The molecule has 1 heterocycles. The SMILES string of the molecule is Cc1ccnc(Oc2c(N)cccc2Cl)n1. The minimum absolute atomic E-state index is 0.236. The maximum absolute atomic E-state index is 5.96. The zero-order chi connectivity index (χ0) is 11.5. The van der Waals surface area contributed by atoms with Crippen LogP contribution in [0.25, 0.3) is 0 Å². The third kappa shape index (κ3) is 2.23. The number of hydrogen-bond donors (Lipinski definition) is 1. The smallest absolute Gasteiger partial charge is 0.322 e. The van der Waals surface area contributed by atoms with Crippen LogP contribution in [0.3, 0.4) is 0 Å². The molecule has 2 rings (SSSR count). The highest BCUT2D eigenvalue weighted by atomic mass is 35.5. The van der Waals surface area contributed by atoms with Gasteiger partial charge in [0.05, 0.1) is 10.7 Å². The second-order valence-corrected chi connectivity index (χ2v) is 3.65. The third-order valence-electron chi connectivity index (χ3n) is 1.96. The summed E-state index contributed by atoms with van der Waals surface area (Å²) in [5, 5.41) is 0.435. The summed E-state index contributed by atoms with van der Waals surface area (Å²) in [6.45, 7) is 1.85. The fourth-order valence-electron chi connectivity index (χ4n) is 1.20. The highest BCUT2D eigenvalue weighted by Gasteiger charge is 2.08. The van der Waals surface area contributed by atoms with Crippen LogP contribution in [0.15, 0.2) is 30.5 Å². The van der Waals surface area contributed by atoms with Crippen LogP contribution in [0.2, 0.25) is 5.02 Å². The van der Waals surface area contributed by atoms with Crippen molar-refractivity contribution < 1.29 is 4.74 Å². The quantitative estimate of drug-likeness (QED) is 0.813. The van der Waals surface area contributed by atoms with E-state index in [1.54, 1.807) is 30.5 Å². The first-order valence-corrected chi connectivity index (χ1v) is 5.06. The molecule has 1 aromatic heterocycles. The zero-order valence-electron chi connectivity index (χ0n) is 8.64. The van der Waals surface area contributed by atoms with Crippen LogP contribution >= 0.6 is 11.6 Å². The normalized spacial score (nSPS) is 10.1. The zero-order valence-corrected chi connectivity index (χ0v) is 9.40. The van der Waals surface area contributed by atoms with Gasteiger partial charge in [0.15, 0.2) is 5.75 Å². The average molecular weight is 236 g/mol. The van der Waals surface area contributed by atoms with Crippen LogP contribution in [-0.2, 0) is 0 Å². The standard InChI is InChI=1S/C11H10ClN3O/c1-7-5-6-14-11(15-7)16-10-8(12)3-2-4-9(10)13/h2-6H,13H2,1H3. The molecule has 0 unspecified atom stereocenters. The molecule has 1 aromatic carbocycles. The molecule has 0 aliphatic carbocycles. The van der Waals surface area contributed by atoms with Crippen molar-refractivity contribution in [3.63, 3.8) is 0 Å². The van der Waals surface area contributed by atoms with E-state index in [2.05, 4.69) is 9.97 Å². The van der Waals surface area contributed by atoms with Crippen LogP contribution in [0.5, 0.6) is 11.8 Å². The van der Waals surface area contributed by atoms with Crippen molar-refractivity contribution in [2.24, 2.45) is 0 Å². The van der Waals surface area contributed by atoms with Gasteiger partial charge in [-0.05, 0) is 25.1 Å². The van der Waals surface area contributed by atoms with Gasteiger partial charge in [0.1, 0.15) is 0 Å². The van der Waals surface area contributed by atoms with E-state index < -0.39 is 0 Å². The lowest BCUT2D eigenvalue weighted by atomic mass is 10.3. The van der Waals surface area contributed by atoms with E-state index in [9.17, 15) is 0 Å². The van der Waals surface area contributed by atoms with Crippen molar-refractivity contribution in [3.8, 4) is 11.8 Å². The number of halogens is 1. The van der Waals surface area contributed by atoms with Crippen LogP contribution in [0.4, 0.5) is 5.69 Å². The lowest BCUT2D eigenvalue weighted by Gasteiger charge is -2.08. The Morgan fingerprint density at radius 3 is 2.81 bits per heavy atom. The van der Waals surface area contributed by atoms with Crippen LogP contribution < -0.4 is 10.5 Å². The number of nitrogens with two attached hydrogens (primary N) is 1. The van der Waals surface area contributed by atoms with Gasteiger partial charge in [0, 0.05) is 11.9 Å². The highest BCUT2D eigenvalue weighted by Crippen LogP contribution is 2.33. The molecule has 16 heavy (non-hydrogen) atoms. The summed E-state index contributed by atoms with van der Waals surface area (Å²) in [6.07, 6.45) is 1.62. The van der Waals surface area contributed by atoms with E-state index in [4.69, 9.17) is 22.1 Å². The van der Waals surface area contributed by atoms with Crippen molar-refractivity contribution in [2.45, 2.75) is 6.92 Å². The molecule has 0 aliphatic rings. The van der Waals surface area contributed by atoms with Crippen molar-refractivity contribution in [1.82, 2.24) is 9.97 Å². The number of hydrogen-bond acceptors (Lipinski definition) is 4. The summed E-state index contributed by atoms with van der Waals surface area (Å²) < 4.78 is 5.44. The molecule has 0 saturated heterocycles. The molecule has 0 radical (unpaired) electrons. The summed E-state index contributed by atoms with van der Waals surface area (Å²) in [4.78, 5) is 8.07. The van der Waals surface area contributed by atoms with Crippen LogP contribution in [-0.4, -0.2) is 9.97 Å². The minimum Gasteiger partial charge on any atom is -0.420 e. The number of rotatable bonds is 2. The first kappa shape index (κ1) is 10.7. The van der Waals surface area contributed by atoms with Gasteiger partial charge in [0.25, 0.3) is 0 Å². The Kier molecular flexibility index (Phi) is 2.92. The number of nitrogens with zero attached hydrogens (tertiary/aromatic N) is 2. The van der Waals surface area contributed by atoms with E-state index in [0.29, 0.717) is 16.5 Å². The first-order valence-electron chi connectivity index (χ1n) is 4.68. The van der Waals surface area contributed by atoms with Crippen molar-refractivity contribution in [1.29, 1.82) is 0 Å². The maximum atomic E-state index is 5.96. The number of ether oxygens (including phenoxy) is 1. The molecular formula is C11H10ClN3O. The Labute approximate surface area is 98.0 Å². The van der Waals surface area contributed by atoms with Crippen molar-refractivity contribution in [3.05, 3.63) is 41.2 Å². The monoisotopic (exact) mass is 235 g/mol. The van der Waals surface area contributed by atoms with Gasteiger partial charge < -0.3 is 10.5 Å². The number of para-hydroxylation sites is 1. The lowest BCUT2D eigenvalue weighted by molar-refractivity contribution is 0.442. The first-order chi connectivity index (χ1) is 7.66.